The number of aryl methyl sites for hydroxylation is 2. The van der Waals surface area contributed by atoms with Gasteiger partial charge in [0.25, 0.3) is 5.91 Å². The van der Waals surface area contributed by atoms with E-state index in [-0.39, 0.29) is 29.0 Å². The van der Waals surface area contributed by atoms with E-state index in [2.05, 4.69) is 10.0 Å². The topological polar surface area (TPSA) is 88.4 Å². The SMILES string of the molecule is Cc1ccc(C(C)NC(=O)c2ccc(C)c(S(=O)(=O)NCc3ccccc3)c2)o1. The molecule has 1 atom stereocenters. The van der Waals surface area contributed by atoms with Gasteiger partial charge in [-0.05, 0) is 56.2 Å². The maximum atomic E-state index is 12.8. The zero-order chi connectivity index (χ0) is 21.0. The molecule has 0 radical (unpaired) electrons. The van der Waals surface area contributed by atoms with Gasteiger partial charge in [0.05, 0.1) is 10.9 Å². The maximum Gasteiger partial charge on any atom is 0.251 e. The van der Waals surface area contributed by atoms with Crippen LogP contribution < -0.4 is 10.0 Å². The Hall–Kier alpha value is -2.90. The highest BCUT2D eigenvalue weighted by Crippen LogP contribution is 2.20. The van der Waals surface area contributed by atoms with Gasteiger partial charge in [-0.2, -0.15) is 0 Å². The maximum absolute atomic E-state index is 12.8. The van der Waals surface area contributed by atoms with Crippen LogP contribution in [0.3, 0.4) is 0 Å². The van der Waals surface area contributed by atoms with Crippen molar-refractivity contribution in [3.8, 4) is 0 Å². The normalized spacial score (nSPS) is 12.5. The molecular weight excluding hydrogens is 388 g/mol. The van der Waals surface area contributed by atoms with E-state index in [4.69, 9.17) is 4.42 Å². The quantitative estimate of drug-likeness (QED) is 0.617. The number of furan rings is 1. The molecule has 1 heterocycles. The molecule has 0 saturated carbocycles. The molecule has 0 aliphatic rings. The fraction of sp³-hybridized carbons (Fsp3) is 0.227. The molecule has 0 fully saturated rings. The largest absolute Gasteiger partial charge is 0.464 e. The second-order valence-electron chi connectivity index (χ2n) is 6.93. The van der Waals surface area contributed by atoms with Gasteiger partial charge in [-0.1, -0.05) is 36.4 Å². The van der Waals surface area contributed by atoms with Crippen molar-refractivity contribution < 1.29 is 17.6 Å². The molecule has 29 heavy (non-hydrogen) atoms. The first-order valence-electron chi connectivity index (χ1n) is 9.28. The first-order chi connectivity index (χ1) is 13.8. The van der Waals surface area contributed by atoms with Gasteiger partial charge in [-0.15, -0.1) is 0 Å². The second kappa shape index (κ2) is 8.63. The number of rotatable bonds is 7. The van der Waals surface area contributed by atoms with Crippen molar-refractivity contribution in [3.05, 3.63) is 88.9 Å². The van der Waals surface area contributed by atoms with Gasteiger partial charge in [0.15, 0.2) is 0 Å². The number of nitrogens with one attached hydrogen (secondary N) is 2. The molecular formula is C22H24N2O4S. The van der Waals surface area contributed by atoms with Crippen LogP contribution in [0.25, 0.3) is 0 Å². The van der Waals surface area contributed by atoms with Gasteiger partial charge in [0, 0.05) is 12.1 Å². The van der Waals surface area contributed by atoms with E-state index in [1.165, 1.54) is 6.07 Å². The summed E-state index contributed by atoms with van der Waals surface area (Å²) >= 11 is 0. The third kappa shape index (κ3) is 5.13. The zero-order valence-corrected chi connectivity index (χ0v) is 17.4. The minimum atomic E-state index is -3.77. The van der Waals surface area contributed by atoms with Crippen LogP contribution in [0.4, 0.5) is 0 Å². The Morgan fingerprint density at radius 3 is 2.41 bits per heavy atom. The van der Waals surface area contributed by atoms with E-state index in [1.807, 2.05) is 50.2 Å². The van der Waals surface area contributed by atoms with Gasteiger partial charge >= 0.3 is 0 Å². The molecule has 0 spiro atoms. The summed E-state index contributed by atoms with van der Waals surface area (Å²) in [6.07, 6.45) is 0. The number of carbonyl (C=O) groups excluding carboxylic acids is 1. The van der Waals surface area contributed by atoms with E-state index in [0.717, 1.165) is 11.3 Å². The Balaban J connectivity index is 1.77. The van der Waals surface area contributed by atoms with Crippen LogP contribution in [0, 0.1) is 13.8 Å². The highest BCUT2D eigenvalue weighted by molar-refractivity contribution is 7.89. The number of hydrogen-bond donors (Lipinski definition) is 2. The number of benzene rings is 2. The Morgan fingerprint density at radius 1 is 1.03 bits per heavy atom. The average Bonchev–Trinajstić information content (AvgIpc) is 3.14. The van der Waals surface area contributed by atoms with Crippen LogP contribution >= 0.6 is 0 Å². The lowest BCUT2D eigenvalue weighted by Crippen LogP contribution is -2.28. The van der Waals surface area contributed by atoms with Crippen LogP contribution in [-0.4, -0.2) is 14.3 Å². The number of carbonyl (C=O) groups is 1. The highest BCUT2D eigenvalue weighted by Gasteiger charge is 2.20. The molecule has 6 nitrogen and oxygen atoms in total. The van der Waals surface area contributed by atoms with Gasteiger partial charge in [-0.25, -0.2) is 13.1 Å². The smallest absolute Gasteiger partial charge is 0.251 e. The predicted octanol–water partition coefficient (Wildman–Crippen LogP) is 3.87. The zero-order valence-electron chi connectivity index (χ0n) is 16.6. The van der Waals surface area contributed by atoms with Crippen molar-refractivity contribution in [1.82, 2.24) is 10.0 Å². The molecule has 0 saturated heterocycles. The lowest BCUT2D eigenvalue weighted by atomic mass is 10.1. The van der Waals surface area contributed by atoms with Crippen molar-refractivity contribution in [2.45, 2.75) is 38.3 Å². The van der Waals surface area contributed by atoms with E-state index in [9.17, 15) is 13.2 Å². The van der Waals surface area contributed by atoms with E-state index >= 15 is 0 Å². The van der Waals surface area contributed by atoms with Gasteiger partial charge in [0.1, 0.15) is 11.5 Å². The number of sulfonamides is 1. The van der Waals surface area contributed by atoms with E-state index in [1.54, 1.807) is 25.1 Å². The lowest BCUT2D eigenvalue weighted by molar-refractivity contribution is 0.0935. The molecule has 2 N–H and O–H groups in total. The van der Waals surface area contributed by atoms with Crippen LogP contribution in [0.5, 0.6) is 0 Å². The monoisotopic (exact) mass is 412 g/mol. The lowest BCUT2D eigenvalue weighted by Gasteiger charge is -2.14. The standard InChI is InChI=1S/C22H24N2O4S/c1-15-9-11-19(22(25)24-17(3)20-12-10-16(2)28-20)13-21(15)29(26,27)23-14-18-7-5-4-6-8-18/h4-13,17,23H,14H2,1-3H3,(H,24,25). The summed E-state index contributed by atoms with van der Waals surface area (Å²) in [5, 5.41) is 2.83. The Labute approximate surface area is 171 Å². The fourth-order valence-electron chi connectivity index (χ4n) is 2.92. The Morgan fingerprint density at radius 2 is 1.76 bits per heavy atom. The minimum absolute atomic E-state index is 0.0857. The molecule has 3 rings (SSSR count). The van der Waals surface area contributed by atoms with Crippen LogP contribution in [0.2, 0.25) is 0 Å². The van der Waals surface area contributed by atoms with Crippen molar-refractivity contribution in [1.29, 1.82) is 0 Å². The summed E-state index contributed by atoms with van der Waals surface area (Å²) in [5.74, 6) is 1.03. The van der Waals surface area contributed by atoms with Gasteiger partial charge < -0.3 is 9.73 Å². The van der Waals surface area contributed by atoms with Gasteiger partial charge in [-0.3, -0.25) is 4.79 Å². The molecule has 3 aromatic rings. The molecule has 0 aliphatic carbocycles. The molecule has 7 heteroatoms. The third-order valence-corrected chi connectivity index (χ3v) is 6.13. The Bertz CT molecular complexity index is 1100. The van der Waals surface area contributed by atoms with Crippen LogP contribution in [0.1, 0.15) is 46.0 Å². The van der Waals surface area contributed by atoms with Crippen LogP contribution in [0.15, 0.2) is 70.0 Å². The summed E-state index contributed by atoms with van der Waals surface area (Å²) in [6.45, 7) is 5.52. The fourth-order valence-corrected chi connectivity index (χ4v) is 4.21. The minimum Gasteiger partial charge on any atom is -0.464 e. The number of amides is 1. The molecule has 1 aromatic heterocycles. The summed E-state index contributed by atoms with van der Waals surface area (Å²) in [7, 11) is -3.77. The third-order valence-electron chi connectivity index (χ3n) is 4.58. The van der Waals surface area contributed by atoms with Crippen molar-refractivity contribution in [3.63, 3.8) is 0 Å². The van der Waals surface area contributed by atoms with E-state index < -0.39 is 10.0 Å². The summed E-state index contributed by atoms with van der Waals surface area (Å²) < 4.78 is 33.7. The second-order valence-corrected chi connectivity index (χ2v) is 8.67. The predicted molar refractivity (Wildman–Crippen MR) is 111 cm³/mol. The summed E-state index contributed by atoms with van der Waals surface area (Å²) in [6, 6.07) is 17.2. The highest BCUT2D eigenvalue weighted by atomic mass is 32.2. The first-order valence-corrected chi connectivity index (χ1v) is 10.8. The number of hydrogen-bond acceptors (Lipinski definition) is 4. The van der Waals surface area contributed by atoms with Crippen molar-refractivity contribution in [2.24, 2.45) is 0 Å². The molecule has 0 aliphatic heterocycles. The molecule has 2 aromatic carbocycles. The average molecular weight is 413 g/mol. The molecule has 1 amide bonds. The van der Waals surface area contributed by atoms with Gasteiger partial charge in [0.2, 0.25) is 10.0 Å². The first kappa shape index (κ1) is 20.8. The van der Waals surface area contributed by atoms with Crippen molar-refractivity contribution >= 4 is 15.9 Å². The molecule has 152 valence electrons. The Kier molecular flexibility index (Phi) is 6.20. The molecule has 0 bridgehead atoms. The van der Waals surface area contributed by atoms with Crippen LogP contribution in [-0.2, 0) is 16.6 Å². The summed E-state index contributed by atoms with van der Waals surface area (Å²) in [5.41, 5.74) is 1.69. The van der Waals surface area contributed by atoms with E-state index in [0.29, 0.717) is 11.3 Å². The molecule has 1 unspecified atom stereocenters. The summed E-state index contributed by atoms with van der Waals surface area (Å²) in [4.78, 5) is 12.7. The van der Waals surface area contributed by atoms with Crippen molar-refractivity contribution in [2.75, 3.05) is 0 Å².